The highest BCUT2D eigenvalue weighted by Crippen LogP contribution is 2.16. The van der Waals surface area contributed by atoms with Gasteiger partial charge >= 0.3 is 0 Å². The van der Waals surface area contributed by atoms with Crippen LogP contribution in [0.1, 0.15) is 5.56 Å². The molecule has 0 bridgehead atoms. The van der Waals surface area contributed by atoms with Crippen molar-refractivity contribution >= 4 is 5.82 Å². The molecule has 5 nitrogen and oxygen atoms in total. The number of piperazine rings is 1. The van der Waals surface area contributed by atoms with Crippen molar-refractivity contribution in [1.82, 2.24) is 14.9 Å². The van der Waals surface area contributed by atoms with Gasteiger partial charge in [-0.05, 0) is 17.7 Å². The van der Waals surface area contributed by atoms with Gasteiger partial charge in [-0.1, -0.05) is 24.8 Å². The first-order chi connectivity index (χ1) is 11.3. The Kier molecular flexibility index (Phi) is 5.21. The molecule has 1 aliphatic heterocycles. The third kappa shape index (κ3) is 4.29. The lowest BCUT2D eigenvalue weighted by Gasteiger charge is -2.35. The first-order valence-electron chi connectivity index (χ1n) is 7.91. The molecule has 0 atom stereocenters. The van der Waals surface area contributed by atoms with E-state index in [1.807, 2.05) is 18.3 Å². The summed E-state index contributed by atoms with van der Waals surface area (Å²) in [6.45, 7) is 9.20. The van der Waals surface area contributed by atoms with E-state index in [2.05, 4.69) is 38.5 Å². The predicted octanol–water partition coefficient (Wildman–Crippen LogP) is 2.36. The summed E-state index contributed by atoms with van der Waals surface area (Å²) in [4.78, 5) is 13.3. The molecule has 0 saturated carbocycles. The van der Waals surface area contributed by atoms with Crippen molar-refractivity contribution in [1.29, 1.82) is 0 Å². The molecule has 3 rings (SSSR count). The molecule has 0 amide bonds. The number of benzene rings is 1. The smallest absolute Gasteiger partial charge is 0.147 e. The Labute approximate surface area is 137 Å². The maximum atomic E-state index is 5.51. The van der Waals surface area contributed by atoms with Crippen LogP contribution in [0, 0.1) is 0 Å². The Bertz CT molecular complexity index is 607. The molecule has 0 aliphatic carbocycles. The minimum atomic E-state index is 0.545. The van der Waals surface area contributed by atoms with Crippen LogP contribution in [0.3, 0.4) is 0 Å². The molecule has 23 heavy (non-hydrogen) atoms. The minimum absolute atomic E-state index is 0.545. The SMILES string of the molecule is C=CCOc1ccc(CN2CCN(c3cnccn3)CC2)cc1. The van der Waals surface area contributed by atoms with Crippen LogP contribution in [-0.4, -0.2) is 47.7 Å². The molecular formula is C18H22N4O. The van der Waals surface area contributed by atoms with Crippen LogP contribution >= 0.6 is 0 Å². The van der Waals surface area contributed by atoms with Crippen LogP contribution in [-0.2, 0) is 6.54 Å². The van der Waals surface area contributed by atoms with Gasteiger partial charge in [0.2, 0.25) is 0 Å². The zero-order valence-corrected chi connectivity index (χ0v) is 13.3. The van der Waals surface area contributed by atoms with Crippen molar-refractivity contribution < 1.29 is 4.74 Å². The second-order valence-corrected chi connectivity index (χ2v) is 5.57. The van der Waals surface area contributed by atoms with Crippen molar-refractivity contribution in [3.05, 3.63) is 61.1 Å². The van der Waals surface area contributed by atoms with Gasteiger partial charge in [-0.2, -0.15) is 0 Å². The van der Waals surface area contributed by atoms with Gasteiger partial charge in [-0.15, -0.1) is 0 Å². The number of rotatable bonds is 6. The number of nitrogens with zero attached hydrogens (tertiary/aromatic N) is 4. The summed E-state index contributed by atoms with van der Waals surface area (Å²) in [5.41, 5.74) is 1.31. The molecule has 1 aliphatic rings. The van der Waals surface area contributed by atoms with E-state index >= 15 is 0 Å². The van der Waals surface area contributed by atoms with Crippen LogP contribution in [0.5, 0.6) is 5.75 Å². The third-order valence-corrected chi connectivity index (χ3v) is 3.94. The van der Waals surface area contributed by atoms with Crippen molar-refractivity contribution in [2.75, 3.05) is 37.7 Å². The first-order valence-corrected chi connectivity index (χ1v) is 7.91. The summed E-state index contributed by atoms with van der Waals surface area (Å²) < 4.78 is 5.51. The number of hydrogen-bond donors (Lipinski definition) is 0. The summed E-state index contributed by atoms with van der Waals surface area (Å²) in [5, 5.41) is 0. The number of anilines is 1. The molecule has 1 saturated heterocycles. The van der Waals surface area contributed by atoms with Crippen LogP contribution in [0.2, 0.25) is 0 Å². The quantitative estimate of drug-likeness (QED) is 0.766. The lowest BCUT2D eigenvalue weighted by Crippen LogP contribution is -2.46. The molecule has 1 fully saturated rings. The van der Waals surface area contributed by atoms with Crippen LogP contribution in [0.15, 0.2) is 55.5 Å². The number of hydrogen-bond acceptors (Lipinski definition) is 5. The Morgan fingerprint density at radius 3 is 2.52 bits per heavy atom. The highest BCUT2D eigenvalue weighted by atomic mass is 16.5. The van der Waals surface area contributed by atoms with E-state index in [1.165, 1.54) is 5.56 Å². The topological polar surface area (TPSA) is 41.5 Å². The van der Waals surface area contributed by atoms with Crippen LogP contribution in [0.25, 0.3) is 0 Å². The number of ether oxygens (including phenoxy) is 1. The average Bonchev–Trinajstić information content (AvgIpc) is 2.62. The van der Waals surface area contributed by atoms with Crippen molar-refractivity contribution in [3.8, 4) is 5.75 Å². The van der Waals surface area contributed by atoms with E-state index in [-0.39, 0.29) is 0 Å². The lowest BCUT2D eigenvalue weighted by atomic mass is 10.2. The zero-order valence-electron chi connectivity index (χ0n) is 13.3. The standard InChI is InChI=1S/C18H22N4O/c1-2-13-23-17-5-3-16(4-6-17)15-21-9-11-22(12-10-21)18-14-19-7-8-20-18/h2-8,14H,1,9-13,15H2. The summed E-state index contributed by atoms with van der Waals surface area (Å²) >= 11 is 0. The molecule has 0 spiro atoms. The summed E-state index contributed by atoms with van der Waals surface area (Å²) in [5.74, 6) is 1.86. The van der Waals surface area contributed by atoms with E-state index in [1.54, 1.807) is 18.5 Å². The van der Waals surface area contributed by atoms with E-state index < -0.39 is 0 Å². The molecule has 1 aromatic carbocycles. The monoisotopic (exact) mass is 310 g/mol. The fraction of sp³-hybridized carbons (Fsp3) is 0.333. The normalized spacial score (nSPS) is 15.4. The second kappa shape index (κ2) is 7.74. The highest BCUT2D eigenvalue weighted by molar-refractivity contribution is 5.35. The second-order valence-electron chi connectivity index (χ2n) is 5.57. The van der Waals surface area contributed by atoms with E-state index in [9.17, 15) is 0 Å². The number of aromatic nitrogens is 2. The maximum Gasteiger partial charge on any atom is 0.147 e. The van der Waals surface area contributed by atoms with E-state index in [0.717, 1.165) is 44.3 Å². The first kappa shape index (κ1) is 15.5. The fourth-order valence-electron chi connectivity index (χ4n) is 2.69. The Morgan fingerprint density at radius 1 is 1.09 bits per heavy atom. The van der Waals surface area contributed by atoms with E-state index in [0.29, 0.717) is 6.61 Å². The molecular weight excluding hydrogens is 288 g/mol. The van der Waals surface area contributed by atoms with Gasteiger partial charge in [-0.25, -0.2) is 4.98 Å². The van der Waals surface area contributed by atoms with Crippen molar-refractivity contribution in [2.24, 2.45) is 0 Å². The predicted molar refractivity (Wildman–Crippen MR) is 91.7 cm³/mol. The molecule has 0 N–H and O–H groups in total. The maximum absolute atomic E-state index is 5.51. The van der Waals surface area contributed by atoms with Gasteiger partial charge in [0.15, 0.2) is 0 Å². The van der Waals surface area contributed by atoms with Crippen molar-refractivity contribution in [3.63, 3.8) is 0 Å². The third-order valence-electron chi connectivity index (χ3n) is 3.94. The minimum Gasteiger partial charge on any atom is -0.490 e. The van der Waals surface area contributed by atoms with Crippen LogP contribution in [0.4, 0.5) is 5.82 Å². The van der Waals surface area contributed by atoms with Crippen molar-refractivity contribution in [2.45, 2.75) is 6.54 Å². The van der Waals surface area contributed by atoms with Crippen LogP contribution < -0.4 is 9.64 Å². The largest absolute Gasteiger partial charge is 0.490 e. The van der Waals surface area contributed by atoms with Gasteiger partial charge in [0, 0.05) is 45.1 Å². The summed E-state index contributed by atoms with van der Waals surface area (Å²) in [6, 6.07) is 8.31. The fourth-order valence-corrected chi connectivity index (χ4v) is 2.69. The summed E-state index contributed by atoms with van der Waals surface area (Å²) in [6.07, 6.45) is 7.04. The molecule has 1 aromatic heterocycles. The van der Waals surface area contributed by atoms with Gasteiger partial charge in [0.05, 0.1) is 6.20 Å². The summed E-state index contributed by atoms with van der Waals surface area (Å²) in [7, 11) is 0. The molecule has 0 radical (unpaired) electrons. The molecule has 2 heterocycles. The molecule has 120 valence electrons. The zero-order chi connectivity index (χ0) is 15.9. The van der Waals surface area contributed by atoms with E-state index in [4.69, 9.17) is 4.74 Å². The van der Waals surface area contributed by atoms with Gasteiger partial charge in [0.25, 0.3) is 0 Å². The molecule has 5 heteroatoms. The van der Waals surface area contributed by atoms with Gasteiger partial charge in [-0.3, -0.25) is 9.88 Å². The Balaban J connectivity index is 1.49. The van der Waals surface area contributed by atoms with Gasteiger partial charge < -0.3 is 9.64 Å². The van der Waals surface area contributed by atoms with Gasteiger partial charge in [0.1, 0.15) is 18.2 Å². The Morgan fingerprint density at radius 2 is 1.87 bits per heavy atom. The average molecular weight is 310 g/mol. The Hall–Kier alpha value is -2.40. The highest BCUT2D eigenvalue weighted by Gasteiger charge is 2.18. The molecule has 0 unspecified atom stereocenters. The lowest BCUT2D eigenvalue weighted by molar-refractivity contribution is 0.249. The molecule has 2 aromatic rings.